The Hall–Kier alpha value is -0.580. The van der Waals surface area contributed by atoms with E-state index in [0.29, 0.717) is 0 Å². The minimum absolute atomic E-state index is 0.804. The van der Waals surface area contributed by atoms with Crippen molar-refractivity contribution in [1.29, 1.82) is 0 Å². The molecule has 3 rings (SSSR count). The Morgan fingerprint density at radius 1 is 1.17 bits per heavy atom. The molecule has 2 aliphatic rings. The van der Waals surface area contributed by atoms with Crippen molar-refractivity contribution in [3.8, 4) is 5.75 Å². The molecule has 128 valence electrons. The minimum atomic E-state index is 0.804. The largest absolute Gasteiger partial charge is 0.496 e. The van der Waals surface area contributed by atoms with Gasteiger partial charge in [0.05, 0.1) is 7.11 Å². The number of piperidine rings is 2. The highest BCUT2D eigenvalue weighted by molar-refractivity contribution is 9.10. The molecule has 0 aromatic heterocycles. The first-order valence-electron chi connectivity index (χ1n) is 8.94. The van der Waals surface area contributed by atoms with Gasteiger partial charge in [0, 0.05) is 29.2 Å². The topological polar surface area (TPSA) is 15.7 Å². The van der Waals surface area contributed by atoms with Crippen LogP contribution in [0.2, 0.25) is 0 Å². The van der Waals surface area contributed by atoms with E-state index in [0.717, 1.165) is 28.7 Å². The number of nitrogens with zero attached hydrogens (tertiary/aromatic N) is 2. The predicted octanol–water partition coefficient (Wildman–Crippen LogP) is 4.15. The van der Waals surface area contributed by atoms with Gasteiger partial charge in [-0.2, -0.15) is 0 Å². The normalized spacial score (nSPS) is 24.7. The summed E-state index contributed by atoms with van der Waals surface area (Å²) < 4.78 is 6.64. The number of halogens is 1. The third-order valence-corrected chi connectivity index (χ3v) is 5.89. The molecule has 1 aromatic rings. The van der Waals surface area contributed by atoms with Crippen molar-refractivity contribution in [2.75, 3.05) is 33.3 Å². The van der Waals surface area contributed by atoms with Crippen molar-refractivity contribution < 1.29 is 4.74 Å². The van der Waals surface area contributed by atoms with E-state index in [4.69, 9.17) is 4.74 Å². The Balaban J connectivity index is 1.54. The standard InChI is InChI=1S/C19H29BrN2O/c1-15-4-3-9-22(13-15)18-7-10-21(11-8-18)14-16-12-17(20)5-6-19(16)23-2/h5-6,12,15,18H,3-4,7-11,13-14H2,1-2H3. The summed E-state index contributed by atoms with van der Waals surface area (Å²) >= 11 is 3.58. The van der Waals surface area contributed by atoms with E-state index in [2.05, 4.69) is 44.8 Å². The summed E-state index contributed by atoms with van der Waals surface area (Å²) in [6.07, 6.45) is 5.42. The smallest absolute Gasteiger partial charge is 0.123 e. The van der Waals surface area contributed by atoms with Crippen LogP contribution in [0.4, 0.5) is 0 Å². The lowest BCUT2D eigenvalue weighted by Gasteiger charge is -2.41. The van der Waals surface area contributed by atoms with Gasteiger partial charge in [0.15, 0.2) is 0 Å². The fourth-order valence-electron chi connectivity index (χ4n) is 4.11. The van der Waals surface area contributed by atoms with Crippen LogP contribution in [-0.4, -0.2) is 49.1 Å². The van der Waals surface area contributed by atoms with Gasteiger partial charge in [-0.05, 0) is 69.4 Å². The van der Waals surface area contributed by atoms with Gasteiger partial charge in [-0.1, -0.05) is 22.9 Å². The van der Waals surface area contributed by atoms with Crippen LogP contribution in [0.3, 0.4) is 0 Å². The molecule has 23 heavy (non-hydrogen) atoms. The molecule has 2 saturated heterocycles. The fourth-order valence-corrected chi connectivity index (χ4v) is 4.52. The summed E-state index contributed by atoms with van der Waals surface area (Å²) in [7, 11) is 1.76. The molecule has 0 aliphatic carbocycles. The molecule has 3 nitrogen and oxygen atoms in total. The molecule has 0 saturated carbocycles. The van der Waals surface area contributed by atoms with Gasteiger partial charge in [0.2, 0.25) is 0 Å². The molecule has 1 unspecified atom stereocenters. The predicted molar refractivity (Wildman–Crippen MR) is 99.0 cm³/mol. The molecule has 2 fully saturated rings. The van der Waals surface area contributed by atoms with Gasteiger partial charge in [-0.15, -0.1) is 0 Å². The van der Waals surface area contributed by atoms with Crippen LogP contribution in [-0.2, 0) is 6.54 Å². The van der Waals surface area contributed by atoms with Crippen molar-refractivity contribution in [3.05, 3.63) is 28.2 Å². The molecule has 1 aromatic carbocycles. The zero-order valence-corrected chi connectivity index (χ0v) is 16.0. The molecule has 0 amide bonds. The monoisotopic (exact) mass is 380 g/mol. The summed E-state index contributed by atoms with van der Waals surface area (Å²) in [5.74, 6) is 1.88. The molecular weight excluding hydrogens is 352 g/mol. The third-order valence-electron chi connectivity index (χ3n) is 5.40. The first-order valence-corrected chi connectivity index (χ1v) is 9.74. The van der Waals surface area contributed by atoms with Crippen LogP contribution in [0.15, 0.2) is 22.7 Å². The van der Waals surface area contributed by atoms with Crippen LogP contribution in [0.1, 0.15) is 38.2 Å². The lowest BCUT2D eigenvalue weighted by Crippen LogP contribution is -2.48. The number of ether oxygens (including phenoxy) is 1. The van der Waals surface area contributed by atoms with Gasteiger partial charge in [0.1, 0.15) is 5.75 Å². The second-order valence-corrected chi connectivity index (χ2v) is 8.12. The lowest BCUT2D eigenvalue weighted by atomic mass is 9.95. The van der Waals surface area contributed by atoms with E-state index in [1.165, 1.54) is 57.4 Å². The molecule has 4 heteroatoms. The van der Waals surface area contributed by atoms with E-state index >= 15 is 0 Å². The van der Waals surface area contributed by atoms with Crippen LogP contribution in [0.5, 0.6) is 5.75 Å². The molecule has 0 N–H and O–H groups in total. The van der Waals surface area contributed by atoms with Gasteiger partial charge in [0.25, 0.3) is 0 Å². The molecule has 2 aliphatic heterocycles. The molecule has 0 spiro atoms. The summed E-state index contributed by atoms with van der Waals surface area (Å²) in [6, 6.07) is 7.10. The minimum Gasteiger partial charge on any atom is -0.496 e. The van der Waals surface area contributed by atoms with E-state index in [-0.39, 0.29) is 0 Å². The van der Waals surface area contributed by atoms with Gasteiger partial charge in [-0.25, -0.2) is 0 Å². The number of benzene rings is 1. The number of methoxy groups -OCH3 is 1. The zero-order chi connectivity index (χ0) is 16.2. The Morgan fingerprint density at radius 3 is 2.65 bits per heavy atom. The second kappa shape index (κ2) is 8.00. The highest BCUT2D eigenvalue weighted by atomic mass is 79.9. The number of hydrogen-bond acceptors (Lipinski definition) is 3. The summed E-state index contributed by atoms with van der Waals surface area (Å²) in [5.41, 5.74) is 1.28. The van der Waals surface area contributed by atoms with Crippen molar-refractivity contribution in [3.63, 3.8) is 0 Å². The van der Waals surface area contributed by atoms with Crippen molar-refractivity contribution in [2.24, 2.45) is 5.92 Å². The quantitative estimate of drug-likeness (QED) is 0.779. The second-order valence-electron chi connectivity index (χ2n) is 7.21. The Bertz CT molecular complexity index is 514. The maximum atomic E-state index is 5.51. The van der Waals surface area contributed by atoms with E-state index in [1.807, 2.05) is 6.07 Å². The van der Waals surface area contributed by atoms with Crippen LogP contribution < -0.4 is 4.74 Å². The molecule has 0 bridgehead atoms. The van der Waals surface area contributed by atoms with Crippen LogP contribution in [0.25, 0.3) is 0 Å². The Labute approximate surface area is 149 Å². The van der Waals surface area contributed by atoms with Crippen LogP contribution in [0, 0.1) is 5.92 Å². The van der Waals surface area contributed by atoms with Gasteiger partial charge in [-0.3, -0.25) is 4.90 Å². The third kappa shape index (κ3) is 4.49. The van der Waals surface area contributed by atoms with Crippen LogP contribution >= 0.6 is 15.9 Å². The summed E-state index contributed by atoms with van der Waals surface area (Å²) in [4.78, 5) is 5.33. The van der Waals surface area contributed by atoms with E-state index in [9.17, 15) is 0 Å². The van der Waals surface area contributed by atoms with Gasteiger partial charge >= 0.3 is 0 Å². The first kappa shape index (κ1) is 17.2. The maximum absolute atomic E-state index is 5.51. The van der Waals surface area contributed by atoms with Crippen molar-refractivity contribution in [2.45, 2.75) is 45.2 Å². The average Bonchev–Trinajstić information content (AvgIpc) is 2.56. The fraction of sp³-hybridized carbons (Fsp3) is 0.684. The highest BCUT2D eigenvalue weighted by Gasteiger charge is 2.27. The number of hydrogen-bond donors (Lipinski definition) is 0. The first-order chi connectivity index (χ1) is 11.2. The number of rotatable bonds is 4. The van der Waals surface area contributed by atoms with Crippen molar-refractivity contribution >= 4 is 15.9 Å². The highest BCUT2D eigenvalue weighted by Crippen LogP contribution is 2.27. The SMILES string of the molecule is COc1ccc(Br)cc1CN1CCC(N2CCCC(C)C2)CC1. The Morgan fingerprint density at radius 2 is 1.96 bits per heavy atom. The maximum Gasteiger partial charge on any atom is 0.123 e. The van der Waals surface area contributed by atoms with E-state index in [1.54, 1.807) is 7.11 Å². The molecule has 2 heterocycles. The van der Waals surface area contributed by atoms with Gasteiger partial charge < -0.3 is 9.64 Å². The molecule has 0 radical (unpaired) electrons. The molecular formula is C19H29BrN2O. The zero-order valence-electron chi connectivity index (χ0n) is 14.4. The summed E-state index contributed by atoms with van der Waals surface area (Å²) in [6.45, 7) is 8.42. The Kier molecular flexibility index (Phi) is 6.00. The summed E-state index contributed by atoms with van der Waals surface area (Å²) in [5, 5.41) is 0. The lowest BCUT2D eigenvalue weighted by molar-refractivity contribution is 0.0726. The average molecular weight is 381 g/mol. The van der Waals surface area contributed by atoms with Crippen molar-refractivity contribution in [1.82, 2.24) is 9.80 Å². The molecule has 1 atom stereocenters. The van der Waals surface area contributed by atoms with E-state index < -0.39 is 0 Å². The number of likely N-dealkylation sites (tertiary alicyclic amines) is 2.